The van der Waals surface area contributed by atoms with Gasteiger partial charge in [0.2, 0.25) is 5.78 Å². The zero-order chi connectivity index (χ0) is 25.2. The number of likely N-dealkylation sites (tertiary alicyclic amines) is 1. The van der Waals surface area contributed by atoms with Gasteiger partial charge in [-0.3, -0.25) is 19.3 Å². The van der Waals surface area contributed by atoms with Crippen molar-refractivity contribution in [1.82, 2.24) is 14.8 Å². The number of aryl methyl sites for hydroxylation is 1. The lowest BCUT2D eigenvalue weighted by Crippen LogP contribution is -2.43. The molecule has 186 valence electrons. The van der Waals surface area contributed by atoms with Crippen LogP contribution in [0, 0.1) is 18.7 Å². The molecule has 0 spiro atoms. The van der Waals surface area contributed by atoms with Crippen molar-refractivity contribution in [2.24, 2.45) is 5.92 Å². The van der Waals surface area contributed by atoms with Crippen molar-refractivity contribution in [1.29, 1.82) is 0 Å². The number of halogens is 1. The van der Waals surface area contributed by atoms with Gasteiger partial charge in [-0.25, -0.2) is 9.37 Å². The van der Waals surface area contributed by atoms with Crippen molar-refractivity contribution in [3.05, 3.63) is 76.5 Å². The summed E-state index contributed by atoms with van der Waals surface area (Å²) >= 11 is 1.19. The van der Waals surface area contributed by atoms with Crippen LogP contribution in [0.3, 0.4) is 0 Å². The maximum Gasteiger partial charge on any atom is 0.291 e. The molecule has 0 bridgehead atoms. The summed E-state index contributed by atoms with van der Waals surface area (Å²) in [6, 6.07) is 14.5. The van der Waals surface area contributed by atoms with Crippen LogP contribution in [0.1, 0.15) is 27.0 Å². The van der Waals surface area contributed by atoms with Crippen LogP contribution in [-0.2, 0) is 14.3 Å². The third-order valence-corrected chi connectivity index (χ3v) is 7.93. The Labute approximate surface area is 212 Å². The summed E-state index contributed by atoms with van der Waals surface area (Å²) in [4.78, 5) is 48.7. The predicted octanol–water partition coefficient (Wildman–Crippen LogP) is 3.54. The molecule has 36 heavy (non-hydrogen) atoms. The summed E-state index contributed by atoms with van der Waals surface area (Å²) < 4.78 is 20.4. The molecule has 2 aliphatic rings. The minimum absolute atomic E-state index is 0.169. The van der Waals surface area contributed by atoms with Gasteiger partial charge in [-0.05, 0) is 13.0 Å². The molecular formula is C27H26FN3O4S. The Balaban J connectivity index is 1.50. The third kappa shape index (κ3) is 4.61. The quantitative estimate of drug-likeness (QED) is 0.277. The Morgan fingerprint density at radius 3 is 2.47 bits per heavy atom. The van der Waals surface area contributed by atoms with Gasteiger partial charge in [-0.15, -0.1) is 11.3 Å². The SMILES string of the molecule is Cc1nc(-c2ccccc2)sc1C(=O)C1C(=O)C(=O)N(CCN2CCOCC2)C1c1ccccc1F. The van der Waals surface area contributed by atoms with Crippen LogP contribution in [0.4, 0.5) is 4.39 Å². The summed E-state index contributed by atoms with van der Waals surface area (Å²) in [5.74, 6) is -3.93. The van der Waals surface area contributed by atoms with E-state index in [4.69, 9.17) is 4.74 Å². The number of Topliss-reactive ketones (excluding diaryl/α,β-unsaturated/α-hetero) is 2. The van der Waals surface area contributed by atoms with Crippen molar-refractivity contribution in [3.63, 3.8) is 0 Å². The highest BCUT2D eigenvalue weighted by Crippen LogP contribution is 2.41. The number of carbonyl (C=O) groups excluding carboxylic acids is 3. The molecule has 9 heteroatoms. The van der Waals surface area contributed by atoms with Gasteiger partial charge in [0.15, 0.2) is 5.78 Å². The van der Waals surface area contributed by atoms with Crippen LogP contribution in [0.5, 0.6) is 0 Å². The molecular weight excluding hydrogens is 481 g/mol. The van der Waals surface area contributed by atoms with E-state index in [0.717, 1.165) is 5.56 Å². The van der Waals surface area contributed by atoms with E-state index in [1.165, 1.54) is 22.3 Å². The van der Waals surface area contributed by atoms with E-state index in [2.05, 4.69) is 9.88 Å². The second kappa shape index (κ2) is 10.4. The van der Waals surface area contributed by atoms with E-state index < -0.39 is 35.3 Å². The standard InChI is InChI=1S/C27H26FN3O4S/c1-17-25(36-26(29-17)18-7-3-2-4-8-18)23(32)21-22(19-9-5-6-10-20(19)28)31(27(34)24(21)33)12-11-30-13-15-35-16-14-30/h2-10,21-22H,11-16H2,1H3. The number of benzene rings is 2. The van der Waals surface area contributed by atoms with Crippen LogP contribution in [0.2, 0.25) is 0 Å². The molecule has 3 aromatic rings. The summed E-state index contributed by atoms with van der Waals surface area (Å²) in [5, 5.41) is 0.653. The maximum absolute atomic E-state index is 15.0. The molecule has 0 aliphatic carbocycles. The van der Waals surface area contributed by atoms with Gasteiger partial charge >= 0.3 is 0 Å². The molecule has 1 aromatic heterocycles. The van der Waals surface area contributed by atoms with Crippen LogP contribution >= 0.6 is 11.3 Å². The molecule has 2 aliphatic heterocycles. The topological polar surface area (TPSA) is 79.8 Å². The molecule has 0 saturated carbocycles. The molecule has 7 nitrogen and oxygen atoms in total. The van der Waals surface area contributed by atoms with Gasteiger partial charge in [0.25, 0.3) is 5.91 Å². The van der Waals surface area contributed by atoms with E-state index in [1.54, 1.807) is 25.1 Å². The van der Waals surface area contributed by atoms with Crippen molar-refractivity contribution in [3.8, 4) is 10.6 Å². The normalized spacial score (nSPS) is 20.8. The van der Waals surface area contributed by atoms with Crippen LogP contribution in [0.25, 0.3) is 10.6 Å². The Morgan fingerprint density at radius 2 is 1.75 bits per heavy atom. The van der Waals surface area contributed by atoms with Gasteiger partial charge in [-0.2, -0.15) is 0 Å². The first-order valence-electron chi connectivity index (χ1n) is 11.9. The number of rotatable bonds is 7. The highest BCUT2D eigenvalue weighted by Gasteiger charge is 2.52. The molecule has 1 amide bonds. The van der Waals surface area contributed by atoms with E-state index >= 15 is 4.39 Å². The molecule has 2 aromatic carbocycles. The molecule has 2 unspecified atom stereocenters. The number of amides is 1. The Bertz CT molecular complexity index is 1290. The van der Waals surface area contributed by atoms with Gasteiger partial charge in [0.1, 0.15) is 16.7 Å². The third-order valence-electron chi connectivity index (χ3n) is 6.71. The first-order valence-corrected chi connectivity index (χ1v) is 12.7. The molecule has 0 radical (unpaired) electrons. The molecule has 2 saturated heterocycles. The Kier molecular flexibility index (Phi) is 7.04. The fraction of sp³-hybridized carbons (Fsp3) is 0.333. The number of ketones is 2. The lowest BCUT2D eigenvalue weighted by atomic mass is 9.88. The van der Waals surface area contributed by atoms with E-state index in [9.17, 15) is 14.4 Å². The zero-order valence-corrected chi connectivity index (χ0v) is 20.7. The van der Waals surface area contributed by atoms with Crippen molar-refractivity contribution in [2.45, 2.75) is 13.0 Å². The number of carbonyl (C=O) groups is 3. The number of aromatic nitrogens is 1. The van der Waals surface area contributed by atoms with Crippen LogP contribution < -0.4 is 0 Å². The van der Waals surface area contributed by atoms with Crippen LogP contribution in [0.15, 0.2) is 54.6 Å². The van der Waals surface area contributed by atoms with Gasteiger partial charge < -0.3 is 9.64 Å². The van der Waals surface area contributed by atoms with Crippen molar-refractivity contribution < 1.29 is 23.5 Å². The molecule has 3 heterocycles. The minimum Gasteiger partial charge on any atom is -0.379 e. The van der Waals surface area contributed by atoms with Gasteiger partial charge in [0, 0.05) is 37.3 Å². The average Bonchev–Trinajstić information content (AvgIpc) is 3.41. The largest absolute Gasteiger partial charge is 0.379 e. The average molecular weight is 508 g/mol. The number of thiazole rings is 1. The smallest absolute Gasteiger partial charge is 0.291 e. The minimum atomic E-state index is -1.33. The van der Waals surface area contributed by atoms with E-state index in [1.807, 2.05) is 30.3 Å². The second-order valence-corrected chi connectivity index (χ2v) is 9.92. The zero-order valence-electron chi connectivity index (χ0n) is 19.9. The Morgan fingerprint density at radius 1 is 1.06 bits per heavy atom. The highest BCUT2D eigenvalue weighted by molar-refractivity contribution is 7.17. The number of hydrogen-bond donors (Lipinski definition) is 0. The Hall–Kier alpha value is -3.27. The predicted molar refractivity (Wildman–Crippen MR) is 133 cm³/mol. The summed E-state index contributed by atoms with van der Waals surface area (Å²) in [6.07, 6.45) is 0. The lowest BCUT2D eigenvalue weighted by molar-refractivity contribution is -0.141. The summed E-state index contributed by atoms with van der Waals surface area (Å²) in [5.41, 5.74) is 1.52. The van der Waals surface area contributed by atoms with E-state index in [0.29, 0.717) is 48.4 Å². The van der Waals surface area contributed by atoms with Crippen molar-refractivity contribution >= 4 is 28.8 Å². The fourth-order valence-corrected chi connectivity index (χ4v) is 5.88. The first-order chi connectivity index (χ1) is 17.5. The molecule has 2 atom stereocenters. The van der Waals surface area contributed by atoms with Crippen LogP contribution in [-0.4, -0.2) is 71.7 Å². The number of ether oxygens (including phenoxy) is 1. The fourth-order valence-electron chi connectivity index (χ4n) is 4.83. The van der Waals surface area contributed by atoms with E-state index in [-0.39, 0.29) is 12.1 Å². The second-order valence-electron chi connectivity index (χ2n) is 8.92. The van der Waals surface area contributed by atoms with Gasteiger partial charge in [0.05, 0.1) is 29.8 Å². The lowest BCUT2D eigenvalue weighted by Gasteiger charge is -2.31. The molecule has 5 rings (SSSR count). The highest BCUT2D eigenvalue weighted by atomic mass is 32.1. The maximum atomic E-state index is 15.0. The number of nitrogens with zero attached hydrogens (tertiary/aromatic N) is 3. The number of morpholine rings is 1. The number of hydrogen-bond acceptors (Lipinski definition) is 7. The first kappa shape index (κ1) is 24.4. The molecule has 2 fully saturated rings. The molecule has 0 N–H and O–H groups in total. The monoisotopic (exact) mass is 507 g/mol. The van der Waals surface area contributed by atoms with Gasteiger partial charge in [-0.1, -0.05) is 48.5 Å². The summed E-state index contributed by atoms with van der Waals surface area (Å²) in [6.45, 7) is 5.05. The van der Waals surface area contributed by atoms with Crippen molar-refractivity contribution in [2.75, 3.05) is 39.4 Å². The summed E-state index contributed by atoms with van der Waals surface area (Å²) in [7, 11) is 0.